The van der Waals surface area contributed by atoms with E-state index in [1.807, 2.05) is 0 Å². The van der Waals surface area contributed by atoms with E-state index in [1.54, 1.807) is 0 Å². The summed E-state index contributed by atoms with van der Waals surface area (Å²) in [6.45, 7) is 0.0721. The summed E-state index contributed by atoms with van der Waals surface area (Å²) >= 11 is 0. The average molecular weight is 384 g/mol. The summed E-state index contributed by atoms with van der Waals surface area (Å²) in [6, 6.07) is 3.32. The zero-order valence-electron chi connectivity index (χ0n) is 14.1. The van der Waals surface area contributed by atoms with E-state index in [1.165, 1.54) is 19.2 Å². The molecule has 1 saturated heterocycles. The number of hydrogen-bond donors (Lipinski definition) is 1. The molecule has 0 radical (unpaired) electrons. The lowest BCUT2D eigenvalue weighted by Gasteiger charge is -2.19. The fourth-order valence-corrected chi connectivity index (χ4v) is 2.89. The minimum absolute atomic E-state index is 0.0716. The van der Waals surface area contributed by atoms with Gasteiger partial charge in [-0.3, -0.25) is 4.79 Å². The third kappa shape index (κ3) is 3.77. The molecule has 0 spiro atoms. The lowest BCUT2D eigenvalue weighted by molar-refractivity contribution is -0.141. The number of carbonyl (C=O) groups is 2. The number of amides is 1. The van der Waals surface area contributed by atoms with Gasteiger partial charge in [-0.05, 0) is 18.2 Å². The first-order valence-electron chi connectivity index (χ1n) is 7.87. The Morgan fingerprint density at radius 3 is 2.70 bits per heavy atom. The smallest absolute Gasteiger partial charge is 0.416 e. The number of carboxylic acid groups (broad SMARTS) is 1. The summed E-state index contributed by atoms with van der Waals surface area (Å²) < 4.78 is 44.7. The summed E-state index contributed by atoms with van der Waals surface area (Å²) in [4.78, 5) is 25.1. The van der Waals surface area contributed by atoms with E-state index in [0.29, 0.717) is 0 Å². The molecule has 144 valence electrons. The van der Waals surface area contributed by atoms with Gasteiger partial charge in [0, 0.05) is 20.1 Å². The van der Waals surface area contributed by atoms with Gasteiger partial charge in [0.05, 0.1) is 23.6 Å². The molecule has 1 aromatic carbocycles. The number of carboxylic acids is 1. The van der Waals surface area contributed by atoms with Crippen LogP contribution >= 0.6 is 0 Å². The molecule has 0 saturated carbocycles. The number of methoxy groups -OCH3 is 1. The van der Waals surface area contributed by atoms with Crippen LogP contribution in [0.1, 0.15) is 22.5 Å². The normalized spacial score (nSPS) is 20.1. The first-order valence-corrected chi connectivity index (χ1v) is 7.87. The highest BCUT2D eigenvalue weighted by atomic mass is 19.4. The largest absolute Gasteiger partial charge is 0.480 e. The molecular formula is C16H15F3N4O4. The van der Waals surface area contributed by atoms with Gasteiger partial charge in [0.15, 0.2) is 5.69 Å². The monoisotopic (exact) mass is 384 g/mol. The van der Waals surface area contributed by atoms with Gasteiger partial charge in [-0.1, -0.05) is 11.3 Å². The first kappa shape index (κ1) is 18.8. The number of benzene rings is 1. The van der Waals surface area contributed by atoms with Crippen LogP contribution in [-0.2, 0) is 15.7 Å². The zero-order valence-corrected chi connectivity index (χ0v) is 14.1. The molecule has 1 aliphatic rings. The van der Waals surface area contributed by atoms with Crippen LogP contribution in [0.25, 0.3) is 5.69 Å². The Hall–Kier alpha value is -2.95. The second-order valence-corrected chi connectivity index (χ2v) is 6.00. The lowest BCUT2D eigenvalue weighted by atomic mass is 10.2. The number of hydrogen-bond acceptors (Lipinski definition) is 5. The molecule has 2 heterocycles. The number of halogens is 3. The molecule has 27 heavy (non-hydrogen) atoms. The van der Waals surface area contributed by atoms with Gasteiger partial charge in [-0.25, -0.2) is 9.48 Å². The minimum atomic E-state index is -4.52. The molecule has 1 aliphatic heterocycles. The van der Waals surface area contributed by atoms with Crippen LogP contribution in [0.2, 0.25) is 0 Å². The molecule has 1 fully saturated rings. The van der Waals surface area contributed by atoms with Gasteiger partial charge in [0.25, 0.3) is 5.91 Å². The van der Waals surface area contributed by atoms with Crippen molar-refractivity contribution < 1.29 is 32.6 Å². The summed E-state index contributed by atoms with van der Waals surface area (Å²) in [7, 11) is 1.42. The third-order valence-electron chi connectivity index (χ3n) is 4.29. The van der Waals surface area contributed by atoms with Crippen molar-refractivity contribution in [2.75, 3.05) is 13.7 Å². The topological polar surface area (TPSA) is 97.6 Å². The molecule has 0 bridgehead atoms. The highest BCUT2D eigenvalue weighted by molar-refractivity contribution is 5.95. The minimum Gasteiger partial charge on any atom is -0.480 e. The summed E-state index contributed by atoms with van der Waals surface area (Å²) in [5.74, 6) is -1.85. The van der Waals surface area contributed by atoms with E-state index >= 15 is 0 Å². The van der Waals surface area contributed by atoms with E-state index in [0.717, 1.165) is 27.9 Å². The van der Waals surface area contributed by atoms with Crippen LogP contribution in [0.4, 0.5) is 13.2 Å². The van der Waals surface area contributed by atoms with E-state index in [2.05, 4.69) is 10.3 Å². The average Bonchev–Trinajstić information content (AvgIpc) is 3.28. The van der Waals surface area contributed by atoms with Crippen molar-refractivity contribution in [3.05, 3.63) is 41.7 Å². The third-order valence-corrected chi connectivity index (χ3v) is 4.29. The Kier molecular flexibility index (Phi) is 4.87. The fourth-order valence-electron chi connectivity index (χ4n) is 2.89. The molecule has 8 nitrogen and oxygen atoms in total. The highest BCUT2D eigenvalue weighted by Gasteiger charge is 2.41. The summed E-state index contributed by atoms with van der Waals surface area (Å²) in [5.41, 5.74) is -0.963. The van der Waals surface area contributed by atoms with Crippen molar-refractivity contribution >= 4 is 11.9 Å². The van der Waals surface area contributed by atoms with Gasteiger partial charge in [0.2, 0.25) is 0 Å². The Morgan fingerprint density at radius 2 is 2.07 bits per heavy atom. The van der Waals surface area contributed by atoms with Gasteiger partial charge in [-0.15, -0.1) is 5.10 Å². The second kappa shape index (κ2) is 6.99. The van der Waals surface area contributed by atoms with Crippen LogP contribution in [-0.4, -0.2) is 62.7 Å². The van der Waals surface area contributed by atoms with Crippen molar-refractivity contribution in [2.45, 2.75) is 24.7 Å². The molecule has 0 aliphatic carbocycles. The van der Waals surface area contributed by atoms with Crippen LogP contribution in [0.3, 0.4) is 0 Å². The van der Waals surface area contributed by atoms with Crippen LogP contribution < -0.4 is 0 Å². The highest BCUT2D eigenvalue weighted by Crippen LogP contribution is 2.30. The summed E-state index contributed by atoms with van der Waals surface area (Å²) in [5, 5.41) is 16.7. The maximum absolute atomic E-state index is 12.8. The molecule has 3 rings (SSSR count). The standard InChI is InChI=1S/C16H15F3N4O4/c1-27-11-6-13(15(25)26)22(7-11)14(24)12-8-23(21-20-12)10-4-2-3-9(5-10)16(17,18)19/h2-5,8,11,13H,6-7H2,1H3,(H,25,26). The first-order chi connectivity index (χ1) is 12.7. The molecule has 2 atom stereocenters. The number of likely N-dealkylation sites (tertiary alicyclic amines) is 1. The van der Waals surface area contributed by atoms with Gasteiger partial charge in [0.1, 0.15) is 6.04 Å². The van der Waals surface area contributed by atoms with Crippen molar-refractivity contribution in [3.63, 3.8) is 0 Å². The number of rotatable bonds is 4. The van der Waals surface area contributed by atoms with Crippen molar-refractivity contribution in [1.29, 1.82) is 0 Å². The van der Waals surface area contributed by atoms with Gasteiger partial charge in [-0.2, -0.15) is 13.2 Å². The van der Waals surface area contributed by atoms with E-state index in [4.69, 9.17) is 4.74 Å². The van der Waals surface area contributed by atoms with Crippen LogP contribution in [0.5, 0.6) is 0 Å². The Balaban J connectivity index is 1.85. The quantitative estimate of drug-likeness (QED) is 0.860. The van der Waals surface area contributed by atoms with Crippen LogP contribution in [0, 0.1) is 0 Å². The van der Waals surface area contributed by atoms with Crippen molar-refractivity contribution in [1.82, 2.24) is 19.9 Å². The zero-order chi connectivity index (χ0) is 19.8. The number of ether oxygens (including phenoxy) is 1. The Labute approximate surface area is 151 Å². The maximum atomic E-state index is 12.8. The fraction of sp³-hybridized carbons (Fsp3) is 0.375. The molecule has 2 unspecified atom stereocenters. The number of aromatic nitrogens is 3. The Bertz CT molecular complexity index is 867. The van der Waals surface area contributed by atoms with Crippen molar-refractivity contribution in [2.24, 2.45) is 0 Å². The van der Waals surface area contributed by atoms with E-state index < -0.39 is 35.8 Å². The lowest BCUT2D eigenvalue weighted by Crippen LogP contribution is -2.40. The molecular weight excluding hydrogens is 369 g/mol. The SMILES string of the molecule is COC1CC(C(=O)O)N(C(=O)c2cn(-c3cccc(C(F)(F)F)c3)nn2)C1. The van der Waals surface area contributed by atoms with Gasteiger partial charge >= 0.3 is 12.1 Å². The molecule has 2 aromatic rings. The summed E-state index contributed by atoms with van der Waals surface area (Å²) in [6.07, 6.45) is -3.64. The molecule has 1 aromatic heterocycles. The number of nitrogens with zero attached hydrogens (tertiary/aromatic N) is 4. The Morgan fingerprint density at radius 1 is 1.33 bits per heavy atom. The molecule has 11 heteroatoms. The van der Waals surface area contributed by atoms with Crippen LogP contribution in [0.15, 0.2) is 30.5 Å². The number of carbonyl (C=O) groups excluding carboxylic acids is 1. The molecule has 1 amide bonds. The number of alkyl halides is 3. The maximum Gasteiger partial charge on any atom is 0.416 e. The predicted octanol–water partition coefficient (Wildman–Crippen LogP) is 1.60. The van der Waals surface area contributed by atoms with E-state index in [-0.39, 0.29) is 24.3 Å². The van der Waals surface area contributed by atoms with Gasteiger partial charge < -0.3 is 14.7 Å². The second-order valence-electron chi connectivity index (χ2n) is 6.00. The predicted molar refractivity (Wildman–Crippen MR) is 84.2 cm³/mol. The van der Waals surface area contributed by atoms with Crippen molar-refractivity contribution in [3.8, 4) is 5.69 Å². The molecule has 1 N–H and O–H groups in total. The van der Waals surface area contributed by atoms with E-state index in [9.17, 15) is 27.9 Å². The number of aliphatic carboxylic acids is 1.